The summed E-state index contributed by atoms with van der Waals surface area (Å²) in [5.74, 6) is -1.02. The van der Waals surface area contributed by atoms with Crippen LogP contribution in [0.15, 0.2) is 78.5 Å². The Kier molecular flexibility index (Phi) is 5.76. The molecule has 7 heteroatoms. The minimum Gasteiger partial charge on any atom is -0.495 e. The van der Waals surface area contributed by atoms with Crippen molar-refractivity contribution >= 4 is 34.4 Å². The summed E-state index contributed by atoms with van der Waals surface area (Å²) in [5.41, 5.74) is 2.92. The number of ether oxygens (including phenoxy) is 1. The van der Waals surface area contributed by atoms with Gasteiger partial charge in [-0.05, 0) is 66.9 Å². The predicted octanol–water partition coefficient (Wildman–Crippen LogP) is 4.83. The highest BCUT2D eigenvalue weighted by molar-refractivity contribution is 6.46. The molecule has 1 saturated heterocycles. The Labute approximate surface area is 197 Å². The van der Waals surface area contributed by atoms with Gasteiger partial charge < -0.3 is 15.0 Å². The molecule has 0 spiro atoms. The fourth-order valence-corrected chi connectivity index (χ4v) is 4.44. The average Bonchev–Trinajstić information content (AvgIpc) is 3.48. The van der Waals surface area contributed by atoms with Crippen LogP contribution in [0.5, 0.6) is 5.75 Å². The Bertz CT molecular complexity index is 1260. The molecule has 2 aliphatic rings. The van der Waals surface area contributed by atoms with Crippen LogP contribution in [-0.4, -0.2) is 32.0 Å². The van der Waals surface area contributed by atoms with Crippen LogP contribution in [0.4, 0.5) is 21.5 Å². The Morgan fingerprint density at radius 3 is 2.21 bits per heavy atom. The van der Waals surface area contributed by atoms with E-state index in [2.05, 4.69) is 10.2 Å². The van der Waals surface area contributed by atoms with Gasteiger partial charge in [-0.25, -0.2) is 9.29 Å². The lowest BCUT2D eigenvalue weighted by Crippen LogP contribution is -2.32. The van der Waals surface area contributed by atoms with E-state index in [0.29, 0.717) is 22.7 Å². The van der Waals surface area contributed by atoms with Crippen molar-refractivity contribution in [2.45, 2.75) is 12.8 Å². The number of anilines is 3. The number of methoxy groups -OCH3 is 1. The first-order valence-electron chi connectivity index (χ1n) is 11.2. The number of carbonyl (C=O) groups excluding carboxylic acids is 2. The summed E-state index contributed by atoms with van der Waals surface area (Å²) < 4.78 is 19.0. The molecule has 0 saturated carbocycles. The first kappa shape index (κ1) is 21.7. The van der Waals surface area contributed by atoms with Gasteiger partial charge in [-0.1, -0.05) is 24.3 Å². The zero-order valence-corrected chi connectivity index (χ0v) is 18.8. The van der Waals surface area contributed by atoms with E-state index in [0.717, 1.165) is 23.7 Å². The van der Waals surface area contributed by atoms with E-state index in [1.165, 1.54) is 44.2 Å². The van der Waals surface area contributed by atoms with Gasteiger partial charge in [0.05, 0.1) is 18.4 Å². The van der Waals surface area contributed by atoms with Crippen LogP contribution in [0, 0.1) is 5.82 Å². The number of para-hydroxylation sites is 2. The normalized spacial score (nSPS) is 15.9. The quantitative estimate of drug-likeness (QED) is 0.537. The minimum atomic E-state index is -0.503. The Morgan fingerprint density at radius 1 is 0.853 bits per heavy atom. The molecule has 3 aromatic carbocycles. The largest absolute Gasteiger partial charge is 0.495 e. The van der Waals surface area contributed by atoms with Gasteiger partial charge in [0, 0.05) is 24.5 Å². The number of amides is 2. The lowest BCUT2D eigenvalue weighted by Gasteiger charge is -2.19. The van der Waals surface area contributed by atoms with Crippen molar-refractivity contribution in [1.29, 1.82) is 0 Å². The first-order valence-corrected chi connectivity index (χ1v) is 11.2. The number of imide groups is 1. The molecule has 0 aliphatic carbocycles. The maximum absolute atomic E-state index is 13.6. The number of hydrogen-bond donors (Lipinski definition) is 1. The number of halogens is 1. The molecule has 0 atom stereocenters. The van der Waals surface area contributed by atoms with E-state index in [9.17, 15) is 14.0 Å². The SMILES string of the molecule is COc1ccccc1N1C(=O)C(Nc2ccc(N3CCCC3)cc2)=C(c2ccc(F)cc2)C1=O. The van der Waals surface area contributed by atoms with E-state index in [-0.39, 0.29) is 11.3 Å². The molecule has 34 heavy (non-hydrogen) atoms. The number of nitrogens with one attached hydrogen (secondary N) is 1. The molecule has 2 amide bonds. The average molecular weight is 458 g/mol. The third-order valence-corrected chi connectivity index (χ3v) is 6.15. The van der Waals surface area contributed by atoms with Gasteiger partial charge in [-0.15, -0.1) is 0 Å². The number of nitrogens with zero attached hydrogens (tertiary/aromatic N) is 2. The van der Waals surface area contributed by atoms with Crippen LogP contribution in [0.1, 0.15) is 18.4 Å². The second-order valence-electron chi connectivity index (χ2n) is 8.24. The molecule has 5 rings (SSSR count). The fraction of sp³-hybridized carbons (Fsp3) is 0.185. The van der Waals surface area contributed by atoms with Gasteiger partial charge in [0.2, 0.25) is 0 Å². The van der Waals surface area contributed by atoms with Gasteiger partial charge in [0.15, 0.2) is 0 Å². The second-order valence-corrected chi connectivity index (χ2v) is 8.24. The van der Waals surface area contributed by atoms with Gasteiger partial charge >= 0.3 is 0 Å². The van der Waals surface area contributed by atoms with Crippen molar-refractivity contribution in [3.8, 4) is 5.75 Å². The zero-order chi connectivity index (χ0) is 23.7. The molecule has 2 heterocycles. The molecule has 0 aromatic heterocycles. The van der Waals surface area contributed by atoms with Crippen molar-refractivity contribution in [2.75, 3.05) is 35.3 Å². The molecule has 2 aliphatic heterocycles. The third kappa shape index (κ3) is 3.90. The van der Waals surface area contributed by atoms with Gasteiger partial charge in [0.25, 0.3) is 11.8 Å². The van der Waals surface area contributed by atoms with E-state index >= 15 is 0 Å². The first-order chi connectivity index (χ1) is 16.6. The summed E-state index contributed by atoms with van der Waals surface area (Å²) in [7, 11) is 1.49. The monoisotopic (exact) mass is 457 g/mol. The van der Waals surface area contributed by atoms with Crippen molar-refractivity contribution in [2.24, 2.45) is 0 Å². The fourth-order valence-electron chi connectivity index (χ4n) is 4.44. The van der Waals surface area contributed by atoms with E-state index in [1.54, 1.807) is 24.3 Å². The lowest BCUT2D eigenvalue weighted by atomic mass is 10.0. The van der Waals surface area contributed by atoms with Crippen LogP contribution in [-0.2, 0) is 9.59 Å². The number of hydrogen-bond acceptors (Lipinski definition) is 5. The molecular formula is C27H24FN3O3. The molecule has 0 bridgehead atoms. The summed E-state index contributed by atoms with van der Waals surface area (Å²) >= 11 is 0. The summed E-state index contributed by atoms with van der Waals surface area (Å²) in [6.45, 7) is 2.07. The van der Waals surface area contributed by atoms with Crippen LogP contribution in [0.3, 0.4) is 0 Å². The Balaban J connectivity index is 1.53. The molecule has 0 unspecified atom stereocenters. The van der Waals surface area contributed by atoms with Crippen LogP contribution in [0.25, 0.3) is 5.57 Å². The Morgan fingerprint density at radius 2 is 1.53 bits per heavy atom. The van der Waals surface area contributed by atoms with Crippen LogP contribution >= 0.6 is 0 Å². The molecule has 0 radical (unpaired) electrons. The molecule has 6 nitrogen and oxygen atoms in total. The third-order valence-electron chi connectivity index (χ3n) is 6.15. The van der Waals surface area contributed by atoms with E-state index in [4.69, 9.17) is 4.74 Å². The predicted molar refractivity (Wildman–Crippen MR) is 130 cm³/mol. The van der Waals surface area contributed by atoms with Crippen LogP contribution < -0.4 is 19.9 Å². The van der Waals surface area contributed by atoms with Gasteiger partial charge in [0.1, 0.15) is 17.3 Å². The summed E-state index contributed by atoms with van der Waals surface area (Å²) in [6, 6.07) is 20.2. The Hall–Kier alpha value is -4.13. The van der Waals surface area contributed by atoms with Crippen molar-refractivity contribution in [3.63, 3.8) is 0 Å². The molecule has 1 N–H and O–H groups in total. The van der Waals surface area contributed by atoms with Crippen molar-refractivity contribution in [1.82, 2.24) is 0 Å². The standard InChI is InChI=1S/C27H24FN3O3/c1-34-23-7-3-2-6-22(23)31-26(32)24(18-8-10-19(28)11-9-18)25(27(31)33)29-20-12-14-21(15-13-20)30-16-4-5-17-30/h2-3,6-15,29H,4-5,16-17H2,1H3. The second kappa shape index (κ2) is 9.02. The molecule has 3 aromatic rings. The lowest BCUT2D eigenvalue weighted by molar-refractivity contribution is -0.120. The highest BCUT2D eigenvalue weighted by Gasteiger charge is 2.41. The topological polar surface area (TPSA) is 61.9 Å². The summed E-state index contributed by atoms with van der Waals surface area (Å²) in [5, 5.41) is 3.15. The minimum absolute atomic E-state index is 0.136. The van der Waals surface area contributed by atoms with Crippen molar-refractivity contribution < 1.29 is 18.7 Å². The van der Waals surface area contributed by atoms with E-state index in [1.807, 2.05) is 24.3 Å². The van der Waals surface area contributed by atoms with Crippen molar-refractivity contribution in [3.05, 3.63) is 89.9 Å². The molecular weight excluding hydrogens is 433 g/mol. The molecule has 172 valence electrons. The van der Waals surface area contributed by atoms with Gasteiger partial charge in [-0.2, -0.15) is 0 Å². The molecule has 1 fully saturated rings. The maximum atomic E-state index is 13.6. The number of carbonyl (C=O) groups is 2. The summed E-state index contributed by atoms with van der Waals surface area (Å²) in [6.07, 6.45) is 2.37. The maximum Gasteiger partial charge on any atom is 0.282 e. The number of rotatable bonds is 6. The highest BCUT2D eigenvalue weighted by Crippen LogP contribution is 2.38. The highest BCUT2D eigenvalue weighted by atomic mass is 19.1. The summed E-state index contributed by atoms with van der Waals surface area (Å²) in [4.78, 5) is 30.5. The smallest absolute Gasteiger partial charge is 0.282 e. The zero-order valence-electron chi connectivity index (χ0n) is 18.8. The van der Waals surface area contributed by atoms with Crippen LogP contribution in [0.2, 0.25) is 0 Å². The van der Waals surface area contributed by atoms with E-state index < -0.39 is 17.6 Å². The number of benzene rings is 3. The van der Waals surface area contributed by atoms with Gasteiger partial charge in [-0.3, -0.25) is 9.59 Å².